The normalized spacial score (nSPS) is 21.5. The third kappa shape index (κ3) is 1.98. The standard InChI is InChI=1S/C9H11ClN2O3/c10-8-6(5-2-1-3-11-4-5)7(9(13)14)15-12-8/h5,11H,1-4H2,(H,13,14). The van der Waals surface area contributed by atoms with Gasteiger partial charge in [-0.15, -0.1) is 0 Å². The third-order valence-electron chi connectivity index (χ3n) is 2.58. The van der Waals surface area contributed by atoms with Crippen molar-refractivity contribution in [3.05, 3.63) is 16.5 Å². The van der Waals surface area contributed by atoms with E-state index in [0.717, 1.165) is 25.9 Å². The lowest BCUT2D eigenvalue weighted by molar-refractivity contribution is 0.0649. The lowest BCUT2D eigenvalue weighted by Crippen LogP contribution is -2.29. The van der Waals surface area contributed by atoms with Gasteiger partial charge in [-0.2, -0.15) is 0 Å². The quantitative estimate of drug-likeness (QED) is 0.805. The van der Waals surface area contributed by atoms with E-state index >= 15 is 0 Å². The fourth-order valence-electron chi connectivity index (χ4n) is 1.88. The lowest BCUT2D eigenvalue weighted by Gasteiger charge is -2.21. The fourth-order valence-corrected chi connectivity index (χ4v) is 2.16. The highest BCUT2D eigenvalue weighted by molar-refractivity contribution is 6.30. The second-order valence-electron chi connectivity index (χ2n) is 3.56. The fraction of sp³-hybridized carbons (Fsp3) is 0.556. The molecule has 1 aromatic rings. The van der Waals surface area contributed by atoms with Crippen LogP contribution in [0.3, 0.4) is 0 Å². The molecule has 82 valence electrons. The molecule has 15 heavy (non-hydrogen) atoms. The Hall–Kier alpha value is -1.07. The summed E-state index contributed by atoms with van der Waals surface area (Å²) in [6.45, 7) is 1.68. The number of hydrogen-bond acceptors (Lipinski definition) is 4. The first kappa shape index (κ1) is 10.4. The Morgan fingerprint density at radius 1 is 1.67 bits per heavy atom. The van der Waals surface area contributed by atoms with Gasteiger partial charge >= 0.3 is 5.97 Å². The summed E-state index contributed by atoms with van der Waals surface area (Å²) in [7, 11) is 0. The van der Waals surface area contributed by atoms with Crippen molar-refractivity contribution in [2.45, 2.75) is 18.8 Å². The zero-order chi connectivity index (χ0) is 10.8. The van der Waals surface area contributed by atoms with Crippen LogP contribution in [0.25, 0.3) is 0 Å². The first-order chi connectivity index (χ1) is 7.20. The summed E-state index contributed by atoms with van der Waals surface area (Å²) >= 11 is 5.83. The summed E-state index contributed by atoms with van der Waals surface area (Å²) < 4.78 is 4.70. The predicted molar refractivity (Wildman–Crippen MR) is 53.3 cm³/mol. The summed E-state index contributed by atoms with van der Waals surface area (Å²) in [6, 6.07) is 0. The van der Waals surface area contributed by atoms with Crippen molar-refractivity contribution < 1.29 is 14.4 Å². The highest BCUT2D eigenvalue weighted by Gasteiger charge is 2.28. The Kier molecular flexibility index (Phi) is 2.93. The molecule has 1 saturated heterocycles. The first-order valence-electron chi connectivity index (χ1n) is 4.79. The van der Waals surface area contributed by atoms with Crippen LogP contribution in [0.4, 0.5) is 0 Å². The molecule has 1 aliphatic heterocycles. The molecule has 1 unspecified atom stereocenters. The van der Waals surface area contributed by atoms with E-state index < -0.39 is 5.97 Å². The van der Waals surface area contributed by atoms with Crippen molar-refractivity contribution in [1.29, 1.82) is 0 Å². The number of carboxylic acids is 1. The molecule has 2 rings (SSSR count). The number of piperidine rings is 1. The smallest absolute Gasteiger partial charge is 0.375 e. The summed E-state index contributed by atoms with van der Waals surface area (Å²) in [4.78, 5) is 10.9. The molecule has 6 heteroatoms. The van der Waals surface area contributed by atoms with Crippen LogP contribution < -0.4 is 5.32 Å². The first-order valence-corrected chi connectivity index (χ1v) is 5.17. The minimum Gasteiger partial charge on any atom is -0.475 e. The minimum absolute atomic E-state index is 0.0867. The number of halogens is 1. The molecule has 0 radical (unpaired) electrons. The number of nitrogens with zero attached hydrogens (tertiary/aromatic N) is 1. The Balaban J connectivity index is 2.32. The summed E-state index contributed by atoms with van der Waals surface area (Å²) in [6.07, 6.45) is 1.92. The van der Waals surface area contributed by atoms with E-state index in [1.807, 2.05) is 0 Å². The van der Waals surface area contributed by atoms with Crippen molar-refractivity contribution in [3.8, 4) is 0 Å². The van der Waals surface area contributed by atoms with Crippen molar-refractivity contribution >= 4 is 17.6 Å². The van der Waals surface area contributed by atoms with Crippen LogP contribution in [0, 0.1) is 0 Å². The molecule has 0 amide bonds. The minimum atomic E-state index is -1.12. The van der Waals surface area contributed by atoms with Crippen molar-refractivity contribution in [1.82, 2.24) is 10.5 Å². The van der Waals surface area contributed by atoms with E-state index in [-0.39, 0.29) is 16.8 Å². The highest BCUT2D eigenvalue weighted by Crippen LogP contribution is 2.31. The van der Waals surface area contributed by atoms with Gasteiger partial charge in [0.05, 0.1) is 5.56 Å². The van der Waals surface area contributed by atoms with Crippen LogP contribution in [0.1, 0.15) is 34.9 Å². The summed E-state index contributed by atoms with van der Waals surface area (Å²) in [5, 5.41) is 15.8. The van der Waals surface area contributed by atoms with Gasteiger partial charge < -0.3 is 14.9 Å². The Morgan fingerprint density at radius 3 is 3.07 bits per heavy atom. The van der Waals surface area contributed by atoms with Gasteiger partial charge in [-0.25, -0.2) is 4.79 Å². The zero-order valence-corrected chi connectivity index (χ0v) is 8.75. The van der Waals surface area contributed by atoms with Gasteiger partial charge in [-0.1, -0.05) is 16.8 Å². The number of carboxylic acid groups (broad SMARTS) is 1. The van der Waals surface area contributed by atoms with Crippen LogP contribution >= 0.6 is 11.6 Å². The molecule has 2 heterocycles. The van der Waals surface area contributed by atoms with Gasteiger partial charge in [0.2, 0.25) is 5.76 Å². The lowest BCUT2D eigenvalue weighted by atomic mass is 9.92. The molecule has 0 spiro atoms. The topological polar surface area (TPSA) is 75.4 Å². The van der Waals surface area contributed by atoms with Crippen LogP contribution in [0.5, 0.6) is 0 Å². The van der Waals surface area contributed by atoms with E-state index in [4.69, 9.17) is 21.2 Å². The van der Waals surface area contributed by atoms with E-state index in [9.17, 15) is 4.79 Å². The van der Waals surface area contributed by atoms with Gasteiger partial charge in [0.25, 0.3) is 0 Å². The van der Waals surface area contributed by atoms with Crippen molar-refractivity contribution in [2.75, 3.05) is 13.1 Å². The summed E-state index contributed by atoms with van der Waals surface area (Å²) in [5.41, 5.74) is 0.524. The van der Waals surface area contributed by atoms with Crippen LogP contribution in [-0.2, 0) is 0 Å². The molecular weight excluding hydrogens is 220 g/mol. The van der Waals surface area contributed by atoms with E-state index in [0.29, 0.717) is 5.56 Å². The molecule has 1 aromatic heterocycles. The Labute approximate surface area is 91.4 Å². The molecule has 0 bridgehead atoms. The maximum absolute atomic E-state index is 10.9. The molecule has 1 atom stereocenters. The average Bonchev–Trinajstić information content (AvgIpc) is 2.61. The van der Waals surface area contributed by atoms with Gasteiger partial charge in [-0.3, -0.25) is 0 Å². The second-order valence-corrected chi connectivity index (χ2v) is 3.92. The number of nitrogens with one attached hydrogen (secondary N) is 1. The second kappa shape index (κ2) is 4.20. The third-order valence-corrected chi connectivity index (χ3v) is 2.86. The maximum Gasteiger partial charge on any atom is 0.375 e. The van der Waals surface area contributed by atoms with Crippen LogP contribution in [0.15, 0.2) is 4.52 Å². The Morgan fingerprint density at radius 2 is 2.47 bits per heavy atom. The molecular formula is C9H11ClN2O3. The number of carbonyl (C=O) groups is 1. The van der Waals surface area contributed by atoms with Crippen molar-refractivity contribution in [3.63, 3.8) is 0 Å². The zero-order valence-electron chi connectivity index (χ0n) is 7.99. The molecule has 2 N–H and O–H groups in total. The Bertz CT molecular complexity index is 371. The predicted octanol–water partition coefficient (Wildman–Crippen LogP) is 1.49. The molecule has 0 aromatic carbocycles. The summed E-state index contributed by atoms with van der Waals surface area (Å²) in [5.74, 6) is -1.16. The van der Waals surface area contributed by atoms with Gasteiger partial charge in [0.1, 0.15) is 0 Å². The van der Waals surface area contributed by atoms with Gasteiger partial charge in [0, 0.05) is 12.5 Å². The molecule has 0 aliphatic carbocycles. The van der Waals surface area contributed by atoms with Gasteiger partial charge in [-0.05, 0) is 19.4 Å². The molecule has 1 fully saturated rings. The van der Waals surface area contributed by atoms with Crippen molar-refractivity contribution in [2.24, 2.45) is 0 Å². The largest absolute Gasteiger partial charge is 0.475 e. The van der Waals surface area contributed by atoms with E-state index in [1.54, 1.807) is 0 Å². The number of aromatic carboxylic acids is 1. The monoisotopic (exact) mass is 230 g/mol. The SMILES string of the molecule is O=C(O)c1onc(Cl)c1C1CCCNC1. The van der Waals surface area contributed by atoms with Gasteiger partial charge in [0.15, 0.2) is 5.15 Å². The van der Waals surface area contributed by atoms with Crippen LogP contribution in [-0.4, -0.2) is 29.3 Å². The number of aromatic nitrogens is 1. The van der Waals surface area contributed by atoms with Crippen LogP contribution in [0.2, 0.25) is 5.15 Å². The highest BCUT2D eigenvalue weighted by atomic mass is 35.5. The maximum atomic E-state index is 10.9. The number of rotatable bonds is 2. The molecule has 5 nitrogen and oxygen atoms in total. The number of hydrogen-bond donors (Lipinski definition) is 2. The average molecular weight is 231 g/mol. The molecule has 0 saturated carbocycles. The molecule has 1 aliphatic rings. The van der Waals surface area contributed by atoms with E-state index in [1.165, 1.54) is 0 Å². The van der Waals surface area contributed by atoms with E-state index in [2.05, 4.69) is 10.5 Å².